The molecule has 15 heteroatoms. The van der Waals surface area contributed by atoms with Crippen molar-refractivity contribution in [1.29, 1.82) is 0 Å². The van der Waals surface area contributed by atoms with Gasteiger partial charge in [-0.3, -0.25) is 0 Å². The summed E-state index contributed by atoms with van der Waals surface area (Å²) in [6.45, 7) is 3.07. The number of benzene rings is 2. The van der Waals surface area contributed by atoms with Crippen LogP contribution < -0.4 is 16.2 Å². The largest absolute Gasteiger partial charge is 0.508 e. The Labute approximate surface area is 224 Å². The number of hydrogen-bond donors (Lipinski definition) is 3. The molecular weight excluding hydrogens is 534 g/mol. The van der Waals surface area contributed by atoms with Crippen molar-refractivity contribution in [1.82, 2.24) is 39.2 Å². The SMILES string of the molecule is Cc1c(O)ccc(N)c1F.Cc1c(Oc2ccn3ncnc3n2)ccc(N)c1F.Clc1ccn2ncnc2n1. The molecule has 0 saturated carbocycles. The predicted octanol–water partition coefficient (Wildman–Crippen LogP) is 4.15. The zero-order valence-electron chi connectivity index (χ0n) is 20.5. The Kier molecular flexibility index (Phi) is 7.96. The van der Waals surface area contributed by atoms with Gasteiger partial charge >= 0.3 is 0 Å². The van der Waals surface area contributed by atoms with Crippen LogP contribution in [0, 0.1) is 25.5 Å². The molecule has 0 fully saturated rings. The molecule has 200 valence electrons. The molecule has 0 unspecified atom stereocenters. The number of halogens is 3. The Morgan fingerprint density at radius 1 is 0.795 bits per heavy atom. The third kappa shape index (κ3) is 6.24. The van der Waals surface area contributed by atoms with E-state index in [-0.39, 0.29) is 22.7 Å². The first-order valence-electron chi connectivity index (χ1n) is 11.1. The number of nitrogen functional groups attached to an aromatic ring is 2. The van der Waals surface area contributed by atoms with Crippen LogP contribution in [-0.4, -0.2) is 44.3 Å². The lowest BCUT2D eigenvalue weighted by Crippen LogP contribution is -1.98. The van der Waals surface area contributed by atoms with Crippen molar-refractivity contribution >= 4 is 34.5 Å². The van der Waals surface area contributed by atoms with Gasteiger partial charge in [0, 0.05) is 29.6 Å². The minimum Gasteiger partial charge on any atom is -0.508 e. The molecule has 0 atom stereocenters. The van der Waals surface area contributed by atoms with E-state index in [1.54, 1.807) is 42.0 Å². The lowest BCUT2D eigenvalue weighted by atomic mass is 10.2. The van der Waals surface area contributed by atoms with Crippen LogP contribution >= 0.6 is 11.6 Å². The molecule has 6 rings (SSSR count). The van der Waals surface area contributed by atoms with Crippen LogP contribution in [0.4, 0.5) is 20.2 Å². The fourth-order valence-corrected chi connectivity index (χ4v) is 3.19. The lowest BCUT2D eigenvalue weighted by molar-refractivity contribution is 0.453. The molecule has 2 aromatic carbocycles. The number of fused-ring (bicyclic) bond motifs is 2. The number of rotatable bonds is 2. The normalized spacial score (nSPS) is 10.5. The maximum atomic E-state index is 13.6. The molecule has 0 aliphatic carbocycles. The van der Waals surface area contributed by atoms with E-state index < -0.39 is 11.6 Å². The fraction of sp³-hybridized carbons (Fsp3) is 0.0833. The molecule has 0 saturated heterocycles. The number of phenols is 1. The Hall–Kier alpha value is -5.11. The molecule has 12 nitrogen and oxygen atoms in total. The second-order valence-corrected chi connectivity index (χ2v) is 8.22. The van der Waals surface area contributed by atoms with E-state index in [1.165, 1.54) is 42.3 Å². The maximum Gasteiger partial charge on any atom is 0.255 e. The molecular formula is C24H21ClF2N10O2. The summed E-state index contributed by atoms with van der Waals surface area (Å²) < 4.78 is 34.9. The summed E-state index contributed by atoms with van der Waals surface area (Å²) in [5.74, 6) is 0.516. The standard InChI is InChI=1S/C12H10FN5O.C7H8FNO.C5H3ClN4/c1-7-9(3-2-8(14)11(7)13)19-10-4-5-18-12(17-10)15-6-16-18;1-4-6(10)3-2-5(9)7(4)8;6-4-1-2-10-5(9-4)7-3-8-10/h2-6H,14H2,1H3;2-3,10H,9H2,1H3;1-3H. The monoisotopic (exact) mass is 554 g/mol. The van der Waals surface area contributed by atoms with E-state index in [9.17, 15) is 8.78 Å². The Balaban J connectivity index is 0.000000149. The van der Waals surface area contributed by atoms with Crippen molar-refractivity contribution in [2.45, 2.75) is 13.8 Å². The molecule has 5 N–H and O–H groups in total. The van der Waals surface area contributed by atoms with Crippen LogP contribution in [-0.2, 0) is 0 Å². The first-order chi connectivity index (χ1) is 18.6. The van der Waals surface area contributed by atoms with Crippen molar-refractivity contribution in [2.24, 2.45) is 0 Å². The zero-order valence-corrected chi connectivity index (χ0v) is 21.3. The quantitative estimate of drug-likeness (QED) is 0.161. The summed E-state index contributed by atoms with van der Waals surface area (Å²) in [6.07, 6.45) is 6.18. The van der Waals surface area contributed by atoms with Crippen LogP contribution in [0.25, 0.3) is 11.6 Å². The number of aromatic nitrogens is 8. The smallest absolute Gasteiger partial charge is 0.255 e. The topological polar surface area (TPSA) is 168 Å². The minimum absolute atomic E-state index is 0.0632. The number of nitrogens with zero attached hydrogens (tertiary/aromatic N) is 8. The van der Waals surface area contributed by atoms with Gasteiger partial charge in [0.15, 0.2) is 11.6 Å². The summed E-state index contributed by atoms with van der Waals surface area (Å²) >= 11 is 5.58. The van der Waals surface area contributed by atoms with Crippen LogP contribution in [0.2, 0.25) is 5.15 Å². The Morgan fingerprint density at radius 2 is 1.36 bits per heavy atom. The number of anilines is 2. The van der Waals surface area contributed by atoms with Crippen molar-refractivity contribution in [3.05, 3.63) is 89.4 Å². The van der Waals surface area contributed by atoms with Crippen molar-refractivity contribution in [2.75, 3.05) is 11.5 Å². The van der Waals surface area contributed by atoms with E-state index in [4.69, 9.17) is 32.9 Å². The second kappa shape index (κ2) is 11.5. The van der Waals surface area contributed by atoms with Gasteiger partial charge in [0.2, 0.25) is 5.88 Å². The van der Waals surface area contributed by atoms with Gasteiger partial charge in [-0.1, -0.05) is 11.6 Å². The van der Waals surface area contributed by atoms with Gasteiger partial charge in [-0.15, -0.1) is 0 Å². The molecule has 0 bridgehead atoms. The highest BCUT2D eigenvalue weighted by Gasteiger charge is 2.11. The van der Waals surface area contributed by atoms with E-state index >= 15 is 0 Å². The summed E-state index contributed by atoms with van der Waals surface area (Å²) in [5, 5.41) is 17.1. The third-order valence-electron chi connectivity index (χ3n) is 5.21. The molecule has 39 heavy (non-hydrogen) atoms. The summed E-state index contributed by atoms with van der Waals surface area (Å²) in [4.78, 5) is 15.8. The Bertz CT molecular complexity index is 1730. The summed E-state index contributed by atoms with van der Waals surface area (Å²) in [6, 6.07) is 9.03. The average Bonchev–Trinajstić information content (AvgIpc) is 3.59. The first-order valence-corrected chi connectivity index (χ1v) is 11.5. The van der Waals surface area contributed by atoms with Crippen LogP contribution in [0.1, 0.15) is 11.1 Å². The van der Waals surface area contributed by atoms with Crippen LogP contribution in [0.15, 0.2) is 61.4 Å². The molecule has 4 aromatic heterocycles. The molecule has 0 aliphatic heterocycles. The Morgan fingerprint density at radius 3 is 2.00 bits per heavy atom. The van der Waals surface area contributed by atoms with E-state index in [0.29, 0.717) is 33.9 Å². The molecule has 4 heterocycles. The van der Waals surface area contributed by atoms with Crippen molar-refractivity contribution in [3.8, 4) is 17.4 Å². The summed E-state index contributed by atoms with van der Waals surface area (Å²) in [5.41, 5.74) is 11.4. The number of hydrogen-bond acceptors (Lipinski definition) is 10. The van der Waals surface area contributed by atoms with Gasteiger partial charge in [-0.2, -0.15) is 30.1 Å². The van der Waals surface area contributed by atoms with Crippen LogP contribution in [0.5, 0.6) is 17.4 Å². The average molecular weight is 555 g/mol. The molecule has 0 spiro atoms. The summed E-state index contributed by atoms with van der Waals surface area (Å²) in [7, 11) is 0. The lowest BCUT2D eigenvalue weighted by Gasteiger charge is -2.09. The predicted molar refractivity (Wildman–Crippen MR) is 139 cm³/mol. The van der Waals surface area contributed by atoms with Gasteiger partial charge in [0.1, 0.15) is 29.3 Å². The van der Waals surface area contributed by atoms with Gasteiger partial charge in [-0.25, -0.2) is 17.8 Å². The first kappa shape index (κ1) is 26.9. The highest BCUT2D eigenvalue weighted by molar-refractivity contribution is 6.29. The minimum atomic E-state index is -0.542. The molecule has 6 aromatic rings. The van der Waals surface area contributed by atoms with E-state index in [2.05, 4.69) is 30.1 Å². The van der Waals surface area contributed by atoms with Crippen molar-refractivity contribution in [3.63, 3.8) is 0 Å². The highest BCUT2D eigenvalue weighted by Crippen LogP contribution is 2.28. The maximum absolute atomic E-state index is 13.6. The molecule has 0 aliphatic rings. The fourth-order valence-electron chi connectivity index (χ4n) is 3.06. The third-order valence-corrected chi connectivity index (χ3v) is 5.42. The van der Waals surface area contributed by atoms with E-state index in [1.807, 2.05) is 0 Å². The number of aromatic hydroxyl groups is 1. The zero-order chi connectivity index (χ0) is 28.1. The van der Waals surface area contributed by atoms with Crippen molar-refractivity contribution < 1.29 is 18.6 Å². The van der Waals surface area contributed by atoms with Gasteiger partial charge in [-0.05, 0) is 44.2 Å². The van der Waals surface area contributed by atoms with E-state index in [0.717, 1.165) is 0 Å². The second-order valence-electron chi connectivity index (χ2n) is 7.83. The number of phenolic OH excluding ortho intramolecular Hbond substituents is 1. The van der Waals surface area contributed by atoms with Gasteiger partial charge in [0.25, 0.3) is 11.6 Å². The number of nitrogens with two attached hydrogens (primary N) is 2. The van der Waals surface area contributed by atoms with Crippen LogP contribution in [0.3, 0.4) is 0 Å². The molecule has 0 amide bonds. The number of ether oxygens (including phenoxy) is 1. The highest BCUT2D eigenvalue weighted by atomic mass is 35.5. The molecule has 0 radical (unpaired) electrons. The van der Waals surface area contributed by atoms with Gasteiger partial charge in [0.05, 0.1) is 11.4 Å². The van der Waals surface area contributed by atoms with Gasteiger partial charge < -0.3 is 21.3 Å².